The molecule has 2 aromatic rings. The molecule has 0 bridgehead atoms. The van der Waals surface area contributed by atoms with Crippen molar-refractivity contribution >= 4 is 11.7 Å². The molecule has 4 rings (SSSR count). The van der Waals surface area contributed by atoms with Crippen LogP contribution in [0.2, 0.25) is 0 Å². The Balaban J connectivity index is 1.50. The second kappa shape index (κ2) is 6.12. The van der Waals surface area contributed by atoms with Gasteiger partial charge < -0.3 is 14.5 Å². The fourth-order valence-corrected chi connectivity index (χ4v) is 3.27. The molecule has 1 aliphatic heterocycles. The summed E-state index contributed by atoms with van der Waals surface area (Å²) in [4.78, 5) is 21.1. The van der Waals surface area contributed by atoms with Gasteiger partial charge in [0.1, 0.15) is 5.76 Å². The monoisotopic (exact) mass is 313 g/mol. The Morgan fingerprint density at radius 2 is 2.30 bits per heavy atom. The first-order valence-corrected chi connectivity index (χ1v) is 8.07. The van der Waals surface area contributed by atoms with Gasteiger partial charge in [0.05, 0.1) is 23.6 Å². The Bertz CT molecular complexity index is 693. The Morgan fingerprint density at radius 1 is 1.35 bits per heavy atom. The zero-order valence-electron chi connectivity index (χ0n) is 12.8. The third kappa shape index (κ3) is 2.99. The molecule has 1 saturated heterocycles. The number of nitrogens with one attached hydrogen (secondary N) is 1. The van der Waals surface area contributed by atoms with Crippen LogP contribution in [0.25, 0.3) is 0 Å². The van der Waals surface area contributed by atoms with E-state index in [1.807, 2.05) is 12.1 Å². The number of hydrogen-bond acceptors (Lipinski definition) is 6. The average Bonchev–Trinajstić information content (AvgIpc) is 3.26. The molecule has 1 N–H and O–H groups in total. The van der Waals surface area contributed by atoms with Gasteiger partial charge in [0, 0.05) is 38.1 Å². The van der Waals surface area contributed by atoms with Crippen molar-refractivity contribution in [3.05, 3.63) is 41.6 Å². The number of carbonyl (C=O) groups excluding carboxylic acids is 1. The summed E-state index contributed by atoms with van der Waals surface area (Å²) in [5.41, 5.74) is 1.43. The van der Waals surface area contributed by atoms with E-state index in [9.17, 15) is 4.79 Å². The van der Waals surface area contributed by atoms with E-state index in [2.05, 4.69) is 15.3 Å². The fraction of sp³-hybridized carbons (Fsp3) is 0.471. The number of rotatable bonds is 4. The highest BCUT2D eigenvalue weighted by Crippen LogP contribution is 2.32. The van der Waals surface area contributed by atoms with Crippen LogP contribution in [0.15, 0.2) is 29.0 Å². The molecular formula is C17H19N3O3. The summed E-state index contributed by atoms with van der Waals surface area (Å²) in [6, 6.07) is 3.77. The number of hydrogen-bond donors (Lipinski definition) is 1. The second-order valence-electron chi connectivity index (χ2n) is 6.11. The molecule has 1 aliphatic carbocycles. The molecule has 23 heavy (non-hydrogen) atoms. The van der Waals surface area contributed by atoms with Crippen molar-refractivity contribution in [2.45, 2.75) is 37.7 Å². The number of ketones is 1. The van der Waals surface area contributed by atoms with Crippen LogP contribution in [0.5, 0.6) is 0 Å². The molecule has 0 amide bonds. The van der Waals surface area contributed by atoms with Gasteiger partial charge >= 0.3 is 0 Å². The first kappa shape index (κ1) is 14.4. The topological polar surface area (TPSA) is 77.2 Å². The zero-order valence-corrected chi connectivity index (χ0v) is 12.8. The van der Waals surface area contributed by atoms with E-state index in [-0.39, 0.29) is 17.8 Å². The fourth-order valence-electron chi connectivity index (χ4n) is 3.27. The number of Topliss-reactive ketones (excluding diaryl/α,β-unsaturated/α-hetero) is 1. The van der Waals surface area contributed by atoms with Gasteiger partial charge in [0.15, 0.2) is 5.78 Å². The largest absolute Gasteiger partial charge is 0.469 e. The Labute approximate surface area is 134 Å². The minimum atomic E-state index is 0.0610. The number of aromatic nitrogens is 2. The first-order valence-electron chi connectivity index (χ1n) is 8.07. The maximum Gasteiger partial charge on any atom is 0.222 e. The maximum atomic E-state index is 12.3. The van der Waals surface area contributed by atoms with Crippen molar-refractivity contribution in [2.24, 2.45) is 0 Å². The minimum absolute atomic E-state index is 0.0610. The molecular weight excluding hydrogens is 294 g/mol. The van der Waals surface area contributed by atoms with Gasteiger partial charge in [0.25, 0.3) is 0 Å². The zero-order chi connectivity index (χ0) is 15.6. The van der Waals surface area contributed by atoms with Gasteiger partial charge in [-0.05, 0) is 25.0 Å². The van der Waals surface area contributed by atoms with Gasteiger partial charge in [-0.1, -0.05) is 0 Å². The highest BCUT2D eigenvalue weighted by Gasteiger charge is 2.29. The summed E-state index contributed by atoms with van der Waals surface area (Å²) in [7, 11) is 0. The quantitative estimate of drug-likeness (QED) is 0.935. The highest BCUT2D eigenvalue weighted by atomic mass is 16.5. The SMILES string of the molecule is O=C1C[C@H](c2ccco2)Cc2nc(NC[C@@H]3CCCO3)ncc21. The maximum absolute atomic E-state index is 12.3. The summed E-state index contributed by atoms with van der Waals surface area (Å²) >= 11 is 0. The summed E-state index contributed by atoms with van der Waals surface area (Å²) in [5, 5.41) is 3.22. The van der Waals surface area contributed by atoms with Crippen LogP contribution >= 0.6 is 0 Å². The average molecular weight is 313 g/mol. The standard InChI is InChI=1S/C17H19N3O3/c21-15-8-11(16-4-2-6-23-16)7-14-13(15)10-19-17(20-14)18-9-12-3-1-5-22-12/h2,4,6,10-12H,1,3,5,7-9H2,(H,18,19,20)/t11-,12+/m1/s1. The van der Waals surface area contributed by atoms with Crippen molar-refractivity contribution in [3.8, 4) is 0 Å². The van der Waals surface area contributed by atoms with E-state index in [1.54, 1.807) is 12.5 Å². The Hall–Kier alpha value is -2.21. The molecule has 6 heteroatoms. The number of carbonyl (C=O) groups is 1. The third-order valence-electron chi connectivity index (χ3n) is 4.50. The van der Waals surface area contributed by atoms with Crippen molar-refractivity contribution in [2.75, 3.05) is 18.5 Å². The van der Waals surface area contributed by atoms with Crippen molar-refractivity contribution in [1.82, 2.24) is 9.97 Å². The van der Waals surface area contributed by atoms with Gasteiger partial charge in [-0.15, -0.1) is 0 Å². The van der Waals surface area contributed by atoms with Gasteiger partial charge in [-0.25, -0.2) is 9.97 Å². The minimum Gasteiger partial charge on any atom is -0.469 e. The van der Waals surface area contributed by atoms with Crippen LogP contribution in [-0.4, -0.2) is 35.0 Å². The van der Waals surface area contributed by atoms with Crippen LogP contribution in [0.3, 0.4) is 0 Å². The summed E-state index contributed by atoms with van der Waals surface area (Å²) in [6.45, 7) is 1.53. The summed E-state index contributed by atoms with van der Waals surface area (Å²) in [6.07, 6.45) is 6.84. The van der Waals surface area contributed by atoms with Gasteiger partial charge in [-0.3, -0.25) is 4.79 Å². The first-order chi connectivity index (χ1) is 11.3. The molecule has 6 nitrogen and oxygen atoms in total. The van der Waals surface area contributed by atoms with E-state index >= 15 is 0 Å². The second-order valence-corrected chi connectivity index (χ2v) is 6.11. The highest BCUT2D eigenvalue weighted by molar-refractivity contribution is 5.98. The predicted molar refractivity (Wildman–Crippen MR) is 83.6 cm³/mol. The molecule has 1 fully saturated rings. The van der Waals surface area contributed by atoms with E-state index < -0.39 is 0 Å². The Kier molecular flexibility index (Phi) is 3.83. The molecule has 120 valence electrons. The number of anilines is 1. The smallest absolute Gasteiger partial charge is 0.222 e. The van der Waals surface area contributed by atoms with Crippen molar-refractivity contribution < 1.29 is 13.9 Å². The molecule has 2 atom stereocenters. The van der Waals surface area contributed by atoms with Crippen LogP contribution in [-0.2, 0) is 11.2 Å². The lowest BCUT2D eigenvalue weighted by molar-refractivity contribution is 0.0958. The number of furan rings is 1. The normalized spacial score (nSPS) is 23.7. The van der Waals surface area contributed by atoms with Crippen LogP contribution in [0, 0.1) is 0 Å². The van der Waals surface area contributed by atoms with Gasteiger partial charge in [-0.2, -0.15) is 0 Å². The third-order valence-corrected chi connectivity index (χ3v) is 4.50. The summed E-state index contributed by atoms with van der Waals surface area (Å²) in [5.74, 6) is 1.55. The number of fused-ring (bicyclic) bond motifs is 1. The lowest BCUT2D eigenvalue weighted by Crippen LogP contribution is -2.23. The lowest BCUT2D eigenvalue weighted by atomic mass is 9.85. The van der Waals surface area contributed by atoms with Crippen LogP contribution in [0.1, 0.15) is 47.0 Å². The van der Waals surface area contributed by atoms with Crippen molar-refractivity contribution in [3.63, 3.8) is 0 Å². The molecule has 0 unspecified atom stereocenters. The van der Waals surface area contributed by atoms with E-state index in [1.165, 1.54) is 0 Å². The van der Waals surface area contributed by atoms with Gasteiger partial charge in [0.2, 0.25) is 5.95 Å². The molecule has 2 aromatic heterocycles. The molecule has 2 aliphatic rings. The van der Waals surface area contributed by atoms with E-state index in [4.69, 9.17) is 9.15 Å². The predicted octanol–water partition coefficient (Wildman–Crippen LogP) is 2.57. The number of nitrogens with zero attached hydrogens (tertiary/aromatic N) is 2. The molecule has 0 radical (unpaired) electrons. The Morgan fingerprint density at radius 3 is 3.09 bits per heavy atom. The number of ether oxygens (including phenoxy) is 1. The van der Waals surface area contributed by atoms with E-state index in [0.29, 0.717) is 30.9 Å². The molecule has 3 heterocycles. The van der Waals surface area contributed by atoms with Crippen LogP contribution < -0.4 is 5.32 Å². The van der Waals surface area contributed by atoms with E-state index in [0.717, 1.165) is 30.9 Å². The molecule has 0 saturated carbocycles. The lowest BCUT2D eigenvalue weighted by Gasteiger charge is -2.21. The molecule has 0 spiro atoms. The molecule has 0 aromatic carbocycles. The summed E-state index contributed by atoms with van der Waals surface area (Å²) < 4.78 is 11.0. The van der Waals surface area contributed by atoms with Crippen LogP contribution in [0.4, 0.5) is 5.95 Å². The van der Waals surface area contributed by atoms with Crippen molar-refractivity contribution in [1.29, 1.82) is 0 Å².